The van der Waals surface area contributed by atoms with Gasteiger partial charge in [0.1, 0.15) is 0 Å². The molecule has 19 heavy (non-hydrogen) atoms. The maximum absolute atomic E-state index is 12.3. The first-order valence-electron chi connectivity index (χ1n) is 6.50. The molecule has 1 aromatic rings. The van der Waals surface area contributed by atoms with Crippen LogP contribution in [0.25, 0.3) is 0 Å². The van der Waals surface area contributed by atoms with Gasteiger partial charge in [-0.15, -0.1) is 0 Å². The number of nitrogens with one attached hydrogen (secondary N) is 1. The molecule has 0 radical (unpaired) electrons. The van der Waals surface area contributed by atoms with Gasteiger partial charge in [-0.3, -0.25) is 0 Å². The van der Waals surface area contributed by atoms with Crippen molar-refractivity contribution in [2.75, 3.05) is 0 Å². The van der Waals surface area contributed by atoms with Gasteiger partial charge in [0.2, 0.25) is 0 Å². The number of halogens is 3. The number of aryl methyl sites for hydroxylation is 3. The minimum atomic E-state index is -4.12. The first-order valence-corrected chi connectivity index (χ1v) is 6.50. The summed E-state index contributed by atoms with van der Waals surface area (Å²) in [6, 6.07) is 3.47. The average molecular weight is 273 g/mol. The van der Waals surface area contributed by atoms with Crippen molar-refractivity contribution in [1.29, 1.82) is 0 Å². The first kappa shape index (κ1) is 16.0. The van der Waals surface area contributed by atoms with E-state index in [0.29, 0.717) is 0 Å². The van der Waals surface area contributed by atoms with Crippen molar-refractivity contribution in [1.82, 2.24) is 5.32 Å². The van der Waals surface area contributed by atoms with E-state index in [9.17, 15) is 13.2 Å². The lowest BCUT2D eigenvalue weighted by Gasteiger charge is -2.23. The Hall–Kier alpha value is -1.03. The summed E-state index contributed by atoms with van der Waals surface area (Å²) in [5.41, 5.74) is 4.55. The lowest BCUT2D eigenvalue weighted by molar-refractivity contribution is -0.139. The van der Waals surface area contributed by atoms with E-state index < -0.39 is 18.6 Å². The molecule has 1 nitrogen and oxygen atoms in total. The summed E-state index contributed by atoms with van der Waals surface area (Å²) in [6.07, 6.45) is -4.92. The van der Waals surface area contributed by atoms with E-state index in [-0.39, 0.29) is 6.04 Å². The molecule has 4 heteroatoms. The topological polar surface area (TPSA) is 12.0 Å². The van der Waals surface area contributed by atoms with E-state index >= 15 is 0 Å². The number of benzene rings is 1. The van der Waals surface area contributed by atoms with Crippen LogP contribution in [0.2, 0.25) is 0 Å². The summed E-state index contributed by atoms with van der Waals surface area (Å²) in [6.45, 7) is 9.53. The predicted molar refractivity (Wildman–Crippen MR) is 72.3 cm³/mol. The van der Waals surface area contributed by atoms with Crippen molar-refractivity contribution in [3.05, 3.63) is 34.4 Å². The SMILES string of the molecule is Cc1cc(C)c(C(C)NC(C)CC(F)(F)F)cc1C. The molecular weight excluding hydrogens is 251 g/mol. The molecule has 0 saturated carbocycles. The van der Waals surface area contributed by atoms with E-state index in [0.717, 1.165) is 16.7 Å². The summed E-state index contributed by atoms with van der Waals surface area (Å²) in [5, 5.41) is 3.02. The third kappa shape index (κ3) is 4.86. The van der Waals surface area contributed by atoms with Gasteiger partial charge in [0.25, 0.3) is 0 Å². The normalized spacial score (nSPS) is 15.4. The molecule has 0 bridgehead atoms. The van der Waals surface area contributed by atoms with Gasteiger partial charge >= 0.3 is 6.18 Å². The third-order valence-corrected chi connectivity index (χ3v) is 3.42. The standard InChI is InChI=1S/C15H22F3N/c1-9-6-11(3)14(7-10(9)2)13(5)19-12(4)8-15(16,17)18/h6-7,12-13,19H,8H2,1-5H3. The molecule has 1 rings (SSSR count). The fraction of sp³-hybridized carbons (Fsp3) is 0.600. The van der Waals surface area contributed by atoms with E-state index in [1.165, 1.54) is 5.56 Å². The molecule has 2 atom stereocenters. The molecule has 0 heterocycles. The summed E-state index contributed by atoms with van der Waals surface area (Å²) in [7, 11) is 0. The zero-order valence-corrected chi connectivity index (χ0v) is 12.2. The molecule has 1 aromatic carbocycles. The maximum Gasteiger partial charge on any atom is 0.390 e. The molecule has 0 aliphatic carbocycles. The van der Waals surface area contributed by atoms with Crippen molar-refractivity contribution in [2.45, 2.75) is 59.3 Å². The second-order valence-electron chi connectivity index (χ2n) is 5.40. The molecule has 0 aromatic heterocycles. The third-order valence-electron chi connectivity index (χ3n) is 3.42. The van der Waals surface area contributed by atoms with Gasteiger partial charge in [0.05, 0.1) is 6.42 Å². The zero-order valence-electron chi connectivity index (χ0n) is 12.2. The largest absolute Gasteiger partial charge is 0.390 e. The van der Waals surface area contributed by atoms with Crippen LogP contribution in [0.3, 0.4) is 0 Å². The predicted octanol–water partition coefficient (Wildman–Crippen LogP) is 4.60. The van der Waals surface area contributed by atoms with Gasteiger partial charge in [0, 0.05) is 12.1 Å². The molecule has 0 saturated heterocycles. The molecule has 0 aliphatic heterocycles. The maximum atomic E-state index is 12.3. The second-order valence-corrected chi connectivity index (χ2v) is 5.40. The van der Waals surface area contributed by atoms with Crippen molar-refractivity contribution in [2.24, 2.45) is 0 Å². The Morgan fingerprint density at radius 3 is 2.05 bits per heavy atom. The van der Waals surface area contributed by atoms with Crippen molar-refractivity contribution < 1.29 is 13.2 Å². The van der Waals surface area contributed by atoms with Gasteiger partial charge in [-0.2, -0.15) is 13.2 Å². The number of hydrogen-bond donors (Lipinski definition) is 1. The molecule has 0 aliphatic rings. The molecular formula is C15H22F3N. The lowest BCUT2D eigenvalue weighted by Crippen LogP contribution is -2.33. The highest BCUT2D eigenvalue weighted by molar-refractivity contribution is 5.38. The average Bonchev–Trinajstić information content (AvgIpc) is 2.20. The Labute approximate surface area is 113 Å². The van der Waals surface area contributed by atoms with Crippen LogP contribution in [0, 0.1) is 20.8 Å². The van der Waals surface area contributed by atoms with Crippen molar-refractivity contribution in [3.8, 4) is 0 Å². The fourth-order valence-electron chi connectivity index (χ4n) is 2.37. The smallest absolute Gasteiger partial charge is 0.307 e. The van der Waals surface area contributed by atoms with Gasteiger partial charge in [-0.05, 0) is 56.9 Å². The van der Waals surface area contributed by atoms with Crippen molar-refractivity contribution in [3.63, 3.8) is 0 Å². The Kier molecular flexibility index (Phi) is 5.02. The van der Waals surface area contributed by atoms with Crippen LogP contribution in [0.1, 0.15) is 48.6 Å². The van der Waals surface area contributed by atoms with Gasteiger partial charge in [-0.25, -0.2) is 0 Å². The van der Waals surface area contributed by atoms with Crippen LogP contribution in [0.4, 0.5) is 13.2 Å². The van der Waals surface area contributed by atoms with Crippen LogP contribution in [-0.2, 0) is 0 Å². The Bertz CT molecular complexity index is 438. The summed E-state index contributed by atoms with van der Waals surface area (Å²) in [4.78, 5) is 0. The van der Waals surface area contributed by atoms with Crippen LogP contribution >= 0.6 is 0 Å². The quantitative estimate of drug-likeness (QED) is 0.845. The highest BCUT2D eigenvalue weighted by Gasteiger charge is 2.30. The van der Waals surface area contributed by atoms with Gasteiger partial charge in [-0.1, -0.05) is 12.1 Å². The molecule has 0 spiro atoms. The first-order chi connectivity index (χ1) is 8.60. The van der Waals surface area contributed by atoms with E-state index in [4.69, 9.17) is 0 Å². The number of hydrogen-bond acceptors (Lipinski definition) is 1. The van der Waals surface area contributed by atoms with Gasteiger partial charge < -0.3 is 5.32 Å². The van der Waals surface area contributed by atoms with Crippen LogP contribution in [0.5, 0.6) is 0 Å². The molecule has 1 N–H and O–H groups in total. The van der Waals surface area contributed by atoms with Crippen molar-refractivity contribution >= 4 is 0 Å². The highest BCUT2D eigenvalue weighted by atomic mass is 19.4. The fourth-order valence-corrected chi connectivity index (χ4v) is 2.37. The summed E-state index contributed by atoms with van der Waals surface area (Å²) >= 11 is 0. The van der Waals surface area contributed by atoms with Gasteiger partial charge in [0.15, 0.2) is 0 Å². The number of alkyl halides is 3. The Balaban J connectivity index is 2.78. The van der Waals surface area contributed by atoms with E-state index in [2.05, 4.69) is 17.4 Å². The highest BCUT2D eigenvalue weighted by Crippen LogP contribution is 2.25. The van der Waals surface area contributed by atoms with Crippen LogP contribution in [-0.4, -0.2) is 12.2 Å². The molecule has 0 amide bonds. The molecule has 108 valence electrons. The number of rotatable bonds is 4. The van der Waals surface area contributed by atoms with E-state index in [1.807, 2.05) is 27.7 Å². The molecule has 0 fully saturated rings. The minimum absolute atomic E-state index is 0.0864. The molecule has 2 unspecified atom stereocenters. The lowest BCUT2D eigenvalue weighted by atomic mass is 9.96. The minimum Gasteiger partial charge on any atom is -0.307 e. The second kappa shape index (κ2) is 5.95. The summed E-state index contributed by atoms with van der Waals surface area (Å²) in [5.74, 6) is 0. The monoisotopic (exact) mass is 273 g/mol. The van der Waals surface area contributed by atoms with Crippen LogP contribution in [0.15, 0.2) is 12.1 Å². The Morgan fingerprint density at radius 1 is 1.00 bits per heavy atom. The van der Waals surface area contributed by atoms with Crippen LogP contribution < -0.4 is 5.32 Å². The summed E-state index contributed by atoms with van der Waals surface area (Å²) < 4.78 is 36.9. The Morgan fingerprint density at radius 2 is 1.53 bits per heavy atom. The zero-order chi connectivity index (χ0) is 14.8. The van der Waals surface area contributed by atoms with E-state index in [1.54, 1.807) is 6.92 Å².